The third kappa shape index (κ3) is 5.24. The number of fused-ring (bicyclic) bond motifs is 1. The van der Waals surface area contributed by atoms with Crippen LogP contribution in [0.15, 0.2) is 42.6 Å². The summed E-state index contributed by atoms with van der Waals surface area (Å²) >= 11 is 0. The van der Waals surface area contributed by atoms with Gasteiger partial charge in [-0.1, -0.05) is 12.1 Å². The molecule has 0 bridgehead atoms. The molecule has 2 heterocycles. The molecule has 1 aliphatic rings. The Hall–Kier alpha value is -3.01. The zero-order valence-corrected chi connectivity index (χ0v) is 19.1. The number of rotatable bonds is 9. The van der Waals surface area contributed by atoms with Crippen LogP contribution in [0.4, 0.5) is 5.69 Å². The quantitative estimate of drug-likeness (QED) is 0.387. The van der Waals surface area contributed by atoms with E-state index in [-0.39, 0.29) is 0 Å². The summed E-state index contributed by atoms with van der Waals surface area (Å²) in [5, 5.41) is 1.20. The van der Waals surface area contributed by atoms with Gasteiger partial charge in [-0.3, -0.25) is 4.90 Å². The molecule has 0 radical (unpaired) electrons. The minimum atomic E-state index is 0.712. The van der Waals surface area contributed by atoms with Gasteiger partial charge in [0.15, 0.2) is 5.69 Å². The molecule has 6 nitrogen and oxygen atoms in total. The summed E-state index contributed by atoms with van der Waals surface area (Å²) in [6.45, 7) is 13.7. The molecule has 1 saturated heterocycles. The number of ether oxygens (including phenoxy) is 2. The second-order valence-corrected chi connectivity index (χ2v) is 8.41. The molecule has 1 fully saturated rings. The minimum Gasteiger partial charge on any atom is -0.497 e. The summed E-state index contributed by atoms with van der Waals surface area (Å²) in [6.07, 6.45) is 5.52. The van der Waals surface area contributed by atoms with Crippen molar-refractivity contribution in [1.82, 2.24) is 14.8 Å². The first-order chi connectivity index (χ1) is 15.7. The second-order valence-electron chi connectivity index (χ2n) is 8.41. The van der Waals surface area contributed by atoms with Crippen LogP contribution in [-0.4, -0.2) is 61.7 Å². The van der Waals surface area contributed by atoms with E-state index in [4.69, 9.17) is 16.0 Å². The number of hydrogen-bond acceptors (Lipinski definition) is 4. The maximum atomic E-state index is 7.23. The lowest BCUT2D eigenvalue weighted by Crippen LogP contribution is -2.46. The predicted octanol–water partition coefficient (Wildman–Crippen LogP) is 4.88. The molecule has 3 aromatic rings. The van der Waals surface area contributed by atoms with Crippen molar-refractivity contribution in [2.75, 3.05) is 46.9 Å². The van der Waals surface area contributed by atoms with Gasteiger partial charge in [0.2, 0.25) is 0 Å². The SMILES string of the molecule is [C-]#[N+]c1ccc2[nH]cc(CCCCN3CCN(Cc4ccc(OC)cc4OC)CC3)c2c1. The Morgan fingerprint density at radius 2 is 1.75 bits per heavy atom. The van der Waals surface area contributed by atoms with Gasteiger partial charge in [-0.25, -0.2) is 4.85 Å². The smallest absolute Gasteiger partial charge is 0.187 e. The number of nitrogens with one attached hydrogen (secondary N) is 1. The van der Waals surface area contributed by atoms with Crippen molar-refractivity contribution in [3.8, 4) is 11.5 Å². The molecular formula is C26H32N4O2. The number of hydrogen-bond donors (Lipinski definition) is 1. The number of aromatic amines is 1. The van der Waals surface area contributed by atoms with E-state index >= 15 is 0 Å². The maximum absolute atomic E-state index is 7.23. The van der Waals surface area contributed by atoms with E-state index in [1.54, 1.807) is 14.2 Å². The number of aryl methyl sites for hydroxylation is 1. The third-order valence-corrected chi connectivity index (χ3v) is 6.40. The fourth-order valence-corrected chi connectivity index (χ4v) is 4.49. The van der Waals surface area contributed by atoms with Crippen LogP contribution in [0.5, 0.6) is 11.5 Å². The van der Waals surface area contributed by atoms with Gasteiger partial charge in [-0.05, 0) is 55.0 Å². The first-order valence-electron chi connectivity index (χ1n) is 11.3. The number of unbranched alkanes of at least 4 members (excludes halogenated alkanes) is 1. The van der Waals surface area contributed by atoms with Gasteiger partial charge in [-0.2, -0.15) is 0 Å². The van der Waals surface area contributed by atoms with Gasteiger partial charge in [-0.15, -0.1) is 0 Å². The number of methoxy groups -OCH3 is 2. The fraction of sp³-hybridized carbons (Fsp3) is 0.423. The van der Waals surface area contributed by atoms with Crippen LogP contribution in [0.3, 0.4) is 0 Å². The summed E-state index contributed by atoms with van der Waals surface area (Å²) < 4.78 is 10.9. The van der Waals surface area contributed by atoms with E-state index in [2.05, 4.69) is 31.9 Å². The summed E-state index contributed by atoms with van der Waals surface area (Å²) in [7, 11) is 3.40. The molecule has 2 aromatic carbocycles. The molecule has 4 rings (SSSR count). The molecule has 0 aliphatic carbocycles. The van der Waals surface area contributed by atoms with Crippen molar-refractivity contribution in [2.24, 2.45) is 0 Å². The van der Waals surface area contributed by atoms with Gasteiger partial charge in [0.1, 0.15) is 11.5 Å². The summed E-state index contributed by atoms with van der Waals surface area (Å²) in [5.74, 6) is 1.72. The Balaban J connectivity index is 1.20. The first kappa shape index (κ1) is 22.2. The van der Waals surface area contributed by atoms with Crippen LogP contribution in [0, 0.1) is 6.57 Å². The molecule has 6 heteroatoms. The van der Waals surface area contributed by atoms with Gasteiger partial charge in [0, 0.05) is 56.1 Å². The summed E-state index contributed by atoms with van der Waals surface area (Å²) in [6, 6.07) is 12.0. The lowest BCUT2D eigenvalue weighted by atomic mass is 10.1. The number of nitrogens with zero attached hydrogens (tertiary/aromatic N) is 3. The Kier molecular flexibility index (Phi) is 7.31. The van der Waals surface area contributed by atoms with Crippen LogP contribution in [0.1, 0.15) is 24.0 Å². The van der Waals surface area contributed by atoms with Crippen LogP contribution in [0.2, 0.25) is 0 Å². The molecule has 0 atom stereocenters. The lowest BCUT2D eigenvalue weighted by Gasteiger charge is -2.35. The molecule has 0 saturated carbocycles. The van der Waals surface area contributed by atoms with Crippen molar-refractivity contribution in [1.29, 1.82) is 0 Å². The highest BCUT2D eigenvalue weighted by molar-refractivity contribution is 5.86. The summed E-state index contributed by atoms with van der Waals surface area (Å²) in [4.78, 5) is 12.0. The largest absolute Gasteiger partial charge is 0.497 e. The van der Waals surface area contributed by atoms with E-state index < -0.39 is 0 Å². The highest BCUT2D eigenvalue weighted by Gasteiger charge is 2.18. The van der Waals surface area contributed by atoms with E-state index in [0.29, 0.717) is 5.69 Å². The molecule has 1 aromatic heterocycles. The second kappa shape index (κ2) is 10.5. The average Bonchev–Trinajstić information content (AvgIpc) is 3.25. The molecule has 1 N–H and O–H groups in total. The van der Waals surface area contributed by atoms with Gasteiger partial charge >= 0.3 is 0 Å². The highest BCUT2D eigenvalue weighted by Crippen LogP contribution is 2.27. The predicted molar refractivity (Wildman–Crippen MR) is 129 cm³/mol. The van der Waals surface area contributed by atoms with Crippen molar-refractivity contribution in [3.63, 3.8) is 0 Å². The van der Waals surface area contributed by atoms with Crippen molar-refractivity contribution in [2.45, 2.75) is 25.8 Å². The number of piperazine rings is 1. The fourth-order valence-electron chi connectivity index (χ4n) is 4.49. The van der Waals surface area contributed by atoms with E-state index in [1.165, 1.54) is 29.4 Å². The van der Waals surface area contributed by atoms with Crippen molar-refractivity contribution in [3.05, 3.63) is 65.1 Å². The average molecular weight is 433 g/mol. The number of H-pyrrole nitrogens is 1. The maximum Gasteiger partial charge on any atom is 0.187 e. The number of aromatic nitrogens is 1. The lowest BCUT2D eigenvalue weighted by molar-refractivity contribution is 0.125. The van der Waals surface area contributed by atoms with Gasteiger partial charge in [0.05, 0.1) is 20.8 Å². The standard InChI is InChI=1S/C26H32N4O2/c1-27-22-8-10-25-24(16-22)20(18-28-25)6-4-5-11-29-12-14-30(15-13-29)19-21-7-9-23(31-2)17-26(21)32-3/h7-10,16-18,28H,4-6,11-15,19H2,2-3H3. The normalized spacial score (nSPS) is 15.0. The Bertz CT molecular complexity index is 1080. The molecule has 1 aliphatic heterocycles. The third-order valence-electron chi connectivity index (χ3n) is 6.40. The topological polar surface area (TPSA) is 45.1 Å². The van der Waals surface area contributed by atoms with Crippen LogP contribution in [-0.2, 0) is 13.0 Å². The van der Waals surface area contributed by atoms with Crippen molar-refractivity contribution < 1.29 is 9.47 Å². The van der Waals surface area contributed by atoms with Crippen LogP contribution in [0.25, 0.3) is 15.7 Å². The molecule has 0 amide bonds. The Labute approximate surface area is 190 Å². The number of benzene rings is 2. The van der Waals surface area contributed by atoms with E-state index in [0.717, 1.165) is 62.7 Å². The van der Waals surface area contributed by atoms with E-state index in [9.17, 15) is 0 Å². The van der Waals surface area contributed by atoms with Crippen molar-refractivity contribution >= 4 is 16.6 Å². The molecule has 0 unspecified atom stereocenters. The van der Waals surface area contributed by atoms with Gasteiger partial charge < -0.3 is 19.4 Å². The monoisotopic (exact) mass is 432 g/mol. The zero-order valence-electron chi connectivity index (χ0n) is 19.1. The van der Waals surface area contributed by atoms with Crippen LogP contribution < -0.4 is 9.47 Å². The summed E-state index contributed by atoms with van der Waals surface area (Å²) in [5.41, 5.74) is 4.37. The van der Waals surface area contributed by atoms with E-state index in [1.807, 2.05) is 30.3 Å². The first-order valence-corrected chi connectivity index (χ1v) is 11.3. The highest BCUT2D eigenvalue weighted by atomic mass is 16.5. The molecule has 168 valence electrons. The Morgan fingerprint density at radius 1 is 0.938 bits per heavy atom. The molecule has 0 spiro atoms. The Morgan fingerprint density at radius 3 is 2.50 bits per heavy atom. The van der Waals surface area contributed by atoms with Crippen LogP contribution >= 0.6 is 0 Å². The zero-order chi connectivity index (χ0) is 22.3. The molecule has 32 heavy (non-hydrogen) atoms. The minimum absolute atomic E-state index is 0.712. The van der Waals surface area contributed by atoms with Gasteiger partial charge in [0.25, 0.3) is 0 Å². The molecular weight excluding hydrogens is 400 g/mol.